The van der Waals surface area contributed by atoms with Gasteiger partial charge in [0.15, 0.2) is 0 Å². The number of likely N-dealkylation sites (tertiary alicyclic amines) is 1. The van der Waals surface area contributed by atoms with E-state index in [9.17, 15) is 9.50 Å². The number of β-amino-alcohol motifs (C(OH)–C–C–N with tert-alkyl or cyclic N) is 1. The number of nitrogens with zero attached hydrogens (tertiary/aromatic N) is 1. The van der Waals surface area contributed by atoms with E-state index in [1.54, 1.807) is 6.07 Å². The summed E-state index contributed by atoms with van der Waals surface area (Å²) in [6.45, 7) is 2.22. The molecule has 1 fully saturated rings. The molecule has 0 unspecified atom stereocenters. The molecule has 1 heterocycles. The molecule has 0 spiro atoms. The van der Waals surface area contributed by atoms with Crippen molar-refractivity contribution in [1.29, 1.82) is 0 Å². The van der Waals surface area contributed by atoms with Crippen LogP contribution in [0.25, 0.3) is 0 Å². The summed E-state index contributed by atoms with van der Waals surface area (Å²) in [5.74, 6) is -0.368. The summed E-state index contributed by atoms with van der Waals surface area (Å²) in [5, 5.41) is 9.34. The zero-order chi connectivity index (χ0) is 10.8. The second-order valence-corrected chi connectivity index (χ2v) is 4.03. The summed E-state index contributed by atoms with van der Waals surface area (Å²) in [6, 6.07) is 4.86. The van der Waals surface area contributed by atoms with Gasteiger partial charge in [-0.25, -0.2) is 4.39 Å². The van der Waals surface area contributed by atoms with Crippen molar-refractivity contribution in [3.05, 3.63) is 29.6 Å². The van der Waals surface area contributed by atoms with Gasteiger partial charge in [0.25, 0.3) is 0 Å². The highest BCUT2D eigenvalue weighted by Crippen LogP contribution is 2.16. The van der Waals surface area contributed by atoms with Crippen LogP contribution in [0.1, 0.15) is 12.0 Å². The Kier molecular flexibility index (Phi) is 2.88. The average molecular weight is 210 g/mol. The molecule has 4 heteroatoms. The maximum Gasteiger partial charge on any atom is 0.146 e. The Morgan fingerprint density at radius 3 is 2.93 bits per heavy atom. The lowest BCUT2D eigenvalue weighted by Crippen LogP contribution is -2.21. The molecule has 3 N–H and O–H groups in total. The van der Waals surface area contributed by atoms with Gasteiger partial charge in [-0.3, -0.25) is 4.90 Å². The van der Waals surface area contributed by atoms with Crippen LogP contribution in [0.3, 0.4) is 0 Å². The summed E-state index contributed by atoms with van der Waals surface area (Å²) >= 11 is 0. The zero-order valence-electron chi connectivity index (χ0n) is 8.49. The number of hydrogen-bond donors (Lipinski definition) is 2. The Hall–Kier alpha value is -1.13. The van der Waals surface area contributed by atoms with Gasteiger partial charge in [0.1, 0.15) is 5.82 Å². The van der Waals surface area contributed by atoms with Crippen molar-refractivity contribution in [1.82, 2.24) is 4.90 Å². The lowest BCUT2D eigenvalue weighted by molar-refractivity contribution is 0.175. The predicted octanol–water partition coefficient (Wildman–Crippen LogP) is 0.974. The fraction of sp³-hybridized carbons (Fsp3) is 0.455. The van der Waals surface area contributed by atoms with E-state index < -0.39 is 0 Å². The second kappa shape index (κ2) is 4.16. The van der Waals surface area contributed by atoms with Crippen LogP contribution in [0.2, 0.25) is 0 Å². The van der Waals surface area contributed by atoms with Crippen LogP contribution in [0.5, 0.6) is 0 Å². The number of hydrogen-bond acceptors (Lipinski definition) is 3. The van der Waals surface area contributed by atoms with Crippen molar-refractivity contribution >= 4 is 5.69 Å². The molecule has 3 nitrogen and oxygen atoms in total. The maximum absolute atomic E-state index is 13.1. The van der Waals surface area contributed by atoms with Gasteiger partial charge in [-0.05, 0) is 24.1 Å². The van der Waals surface area contributed by atoms with Gasteiger partial charge >= 0.3 is 0 Å². The molecular weight excluding hydrogens is 195 g/mol. The molecule has 15 heavy (non-hydrogen) atoms. The van der Waals surface area contributed by atoms with E-state index in [1.165, 1.54) is 6.07 Å². The standard InChI is InChI=1S/C11H15FN2O/c12-10-5-8(1-2-11(10)13)6-14-4-3-9(15)7-14/h1-2,5,9,15H,3-4,6-7,13H2/t9-/m0/s1. The molecule has 0 saturated carbocycles. The third kappa shape index (κ3) is 2.46. The quantitative estimate of drug-likeness (QED) is 0.715. The molecule has 0 bridgehead atoms. The fourth-order valence-electron chi connectivity index (χ4n) is 1.88. The predicted molar refractivity (Wildman–Crippen MR) is 56.7 cm³/mol. The maximum atomic E-state index is 13.1. The van der Waals surface area contributed by atoms with Crippen LogP contribution >= 0.6 is 0 Å². The number of halogens is 1. The summed E-state index contributed by atoms with van der Waals surface area (Å²) in [5.41, 5.74) is 6.47. The fourth-order valence-corrected chi connectivity index (χ4v) is 1.88. The zero-order valence-corrected chi connectivity index (χ0v) is 8.49. The van der Waals surface area contributed by atoms with Gasteiger partial charge in [0.2, 0.25) is 0 Å². The molecule has 1 aliphatic heterocycles. The van der Waals surface area contributed by atoms with E-state index in [0.717, 1.165) is 18.5 Å². The highest BCUT2D eigenvalue weighted by Gasteiger charge is 2.19. The number of aliphatic hydroxyl groups excluding tert-OH is 1. The smallest absolute Gasteiger partial charge is 0.146 e. The number of benzene rings is 1. The molecular formula is C11H15FN2O. The molecule has 0 radical (unpaired) electrons. The summed E-state index contributed by atoms with van der Waals surface area (Å²) in [4.78, 5) is 2.11. The summed E-state index contributed by atoms with van der Waals surface area (Å²) < 4.78 is 13.1. The minimum atomic E-state index is -0.368. The Balaban J connectivity index is 2.02. The van der Waals surface area contributed by atoms with Crippen LogP contribution in [0, 0.1) is 5.82 Å². The van der Waals surface area contributed by atoms with E-state index in [1.807, 2.05) is 6.07 Å². The normalized spacial score (nSPS) is 22.1. The molecule has 1 aromatic rings. The number of nitrogen functional groups attached to an aromatic ring is 1. The van der Waals surface area contributed by atoms with E-state index in [-0.39, 0.29) is 17.6 Å². The SMILES string of the molecule is Nc1ccc(CN2CC[C@H](O)C2)cc1F. The summed E-state index contributed by atoms with van der Waals surface area (Å²) in [7, 11) is 0. The van der Waals surface area contributed by atoms with Crippen molar-refractivity contribution in [2.75, 3.05) is 18.8 Å². The van der Waals surface area contributed by atoms with Gasteiger partial charge in [-0.15, -0.1) is 0 Å². The first kappa shape index (κ1) is 10.4. The monoisotopic (exact) mass is 210 g/mol. The molecule has 1 aliphatic rings. The molecule has 1 atom stereocenters. The van der Waals surface area contributed by atoms with E-state index in [0.29, 0.717) is 13.1 Å². The van der Waals surface area contributed by atoms with Gasteiger partial charge in [0, 0.05) is 19.6 Å². The number of aliphatic hydroxyl groups is 1. The second-order valence-electron chi connectivity index (χ2n) is 4.03. The molecule has 1 saturated heterocycles. The van der Waals surface area contributed by atoms with E-state index in [4.69, 9.17) is 5.73 Å². The van der Waals surface area contributed by atoms with Crippen LogP contribution in [-0.4, -0.2) is 29.2 Å². The molecule has 2 rings (SSSR count). The van der Waals surface area contributed by atoms with Crippen molar-refractivity contribution in [3.63, 3.8) is 0 Å². The topological polar surface area (TPSA) is 49.5 Å². The van der Waals surface area contributed by atoms with Crippen LogP contribution in [-0.2, 0) is 6.54 Å². The Bertz CT molecular complexity index is 356. The lowest BCUT2D eigenvalue weighted by atomic mass is 10.2. The minimum absolute atomic E-state index is 0.181. The molecule has 1 aromatic carbocycles. The van der Waals surface area contributed by atoms with Gasteiger partial charge < -0.3 is 10.8 Å². The number of nitrogens with two attached hydrogens (primary N) is 1. The van der Waals surface area contributed by atoms with Crippen molar-refractivity contribution in [3.8, 4) is 0 Å². The van der Waals surface area contributed by atoms with E-state index in [2.05, 4.69) is 4.90 Å². The Labute approximate surface area is 88.3 Å². The number of rotatable bonds is 2. The first-order valence-corrected chi connectivity index (χ1v) is 5.09. The van der Waals surface area contributed by atoms with Crippen LogP contribution < -0.4 is 5.73 Å². The molecule has 82 valence electrons. The first-order chi connectivity index (χ1) is 7.15. The Morgan fingerprint density at radius 1 is 1.53 bits per heavy atom. The average Bonchev–Trinajstić information content (AvgIpc) is 2.58. The lowest BCUT2D eigenvalue weighted by Gasteiger charge is -2.14. The first-order valence-electron chi connectivity index (χ1n) is 5.09. The van der Waals surface area contributed by atoms with E-state index >= 15 is 0 Å². The van der Waals surface area contributed by atoms with Gasteiger partial charge in [-0.2, -0.15) is 0 Å². The van der Waals surface area contributed by atoms with Crippen molar-refractivity contribution < 1.29 is 9.50 Å². The molecule has 0 amide bonds. The van der Waals surface area contributed by atoms with Crippen LogP contribution in [0.15, 0.2) is 18.2 Å². The third-order valence-corrected chi connectivity index (χ3v) is 2.72. The highest BCUT2D eigenvalue weighted by atomic mass is 19.1. The molecule has 0 aliphatic carbocycles. The highest BCUT2D eigenvalue weighted by molar-refractivity contribution is 5.41. The summed E-state index contributed by atoms with van der Waals surface area (Å²) in [6.07, 6.45) is 0.570. The Morgan fingerprint density at radius 2 is 2.33 bits per heavy atom. The van der Waals surface area contributed by atoms with Crippen molar-refractivity contribution in [2.24, 2.45) is 0 Å². The largest absolute Gasteiger partial charge is 0.396 e. The molecule has 0 aromatic heterocycles. The van der Waals surface area contributed by atoms with Crippen LogP contribution in [0.4, 0.5) is 10.1 Å². The van der Waals surface area contributed by atoms with Gasteiger partial charge in [0.05, 0.1) is 11.8 Å². The van der Waals surface area contributed by atoms with Crippen molar-refractivity contribution in [2.45, 2.75) is 19.1 Å². The number of anilines is 1. The van der Waals surface area contributed by atoms with Gasteiger partial charge in [-0.1, -0.05) is 6.07 Å². The minimum Gasteiger partial charge on any atom is -0.396 e. The third-order valence-electron chi connectivity index (χ3n) is 2.72.